The molecule has 1 aromatic rings. The van der Waals surface area contributed by atoms with Gasteiger partial charge in [0.1, 0.15) is 18.7 Å². The molecule has 0 bridgehead atoms. The minimum absolute atomic E-state index is 0.127. The molecule has 7 heteroatoms. The van der Waals surface area contributed by atoms with Crippen molar-refractivity contribution in [2.75, 3.05) is 12.4 Å². The average Bonchev–Trinajstić information content (AvgIpc) is 2.35. The molecular formula is C12H15NO5S. The lowest BCUT2D eigenvalue weighted by atomic mass is 10.3. The molecule has 1 aromatic heterocycles. The highest BCUT2D eigenvalue weighted by molar-refractivity contribution is 7.85. The molecule has 1 rings (SSSR count). The average molecular weight is 285 g/mol. The van der Waals surface area contributed by atoms with Gasteiger partial charge >= 0.3 is 5.97 Å². The van der Waals surface area contributed by atoms with Crippen LogP contribution in [0.3, 0.4) is 0 Å². The quantitative estimate of drug-likeness (QED) is 0.310. The van der Waals surface area contributed by atoms with Crippen LogP contribution in [0, 0.1) is 0 Å². The van der Waals surface area contributed by atoms with E-state index in [1.165, 1.54) is 6.08 Å². The Kier molecular flexibility index (Phi) is 5.65. The molecular weight excluding hydrogens is 270 g/mol. The Morgan fingerprint density at radius 2 is 2.26 bits per heavy atom. The summed E-state index contributed by atoms with van der Waals surface area (Å²) in [5, 5.41) is 0. The lowest BCUT2D eigenvalue weighted by molar-refractivity contribution is -0.697. The van der Waals surface area contributed by atoms with Crippen molar-refractivity contribution in [2.24, 2.45) is 0 Å². The number of rotatable bonds is 7. The summed E-state index contributed by atoms with van der Waals surface area (Å²) >= 11 is 0. The number of carbonyl (C=O) groups excluding carboxylic acids is 1. The zero-order chi connectivity index (χ0) is 14.3. The summed E-state index contributed by atoms with van der Waals surface area (Å²) in [6.45, 7) is 3.90. The lowest BCUT2D eigenvalue weighted by Crippen LogP contribution is -2.34. The zero-order valence-corrected chi connectivity index (χ0v) is 11.1. The topological polar surface area (TPSA) is 87.4 Å². The maximum absolute atomic E-state index is 11.6. The van der Waals surface area contributed by atoms with E-state index in [0.29, 0.717) is 12.1 Å². The summed E-state index contributed by atoms with van der Waals surface area (Å²) in [6, 6.07) is 3.24. The van der Waals surface area contributed by atoms with E-state index >= 15 is 0 Å². The molecule has 0 saturated heterocycles. The Morgan fingerprint density at radius 3 is 2.89 bits per heavy atom. The molecule has 0 aliphatic carbocycles. The van der Waals surface area contributed by atoms with Gasteiger partial charge in [0.15, 0.2) is 12.4 Å². The lowest BCUT2D eigenvalue weighted by Gasteiger charge is -2.04. The fraction of sp³-hybridized carbons (Fsp3) is 0.333. The molecule has 0 saturated carbocycles. The number of carbonyl (C=O) groups is 1. The minimum atomic E-state index is -4.20. The van der Waals surface area contributed by atoms with Gasteiger partial charge in [0.05, 0.1) is 10.1 Å². The van der Waals surface area contributed by atoms with Crippen LogP contribution in [-0.2, 0) is 21.4 Å². The van der Waals surface area contributed by atoms with Crippen molar-refractivity contribution in [2.45, 2.75) is 13.0 Å². The van der Waals surface area contributed by atoms with E-state index in [9.17, 15) is 17.8 Å². The monoisotopic (exact) mass is 285 g/mol. The first-order valence-electron chi connectivity index (χ1n) is 5.63. The van der Waals surface area contributed by atoms with Crippen LogP contribution in [0.25, 0.3) is 0 Å². The maximum Gasteiger partial charge on any atom is 0.344 e. The van der Waals surface area contributed by atoms with Crippen molar-refractivity contribution < 1.29 is 27.1 Å². The van der Waals surface area contributed by atoms with Gasteiger partial charge in [-0.15, -0.1) is 0 Å². The largest absolute Gasteiger partial charge is 0.748 e. The molecule has 19 heavy (non-hydrogen) atoms. The van der Waals surface area contributed by atoms with Gasteiger partial charge in [0, 0.05) is 18.2 Å². The van der Waals surface area contributed by atoms with Crippen molar-refractivity contribution in [3.05, 3.63) is 42.7 Å². The molecule has 1 heterocycles. The number of ether oxygens (including phenoxy) is 1. The van der Waals surface area contributed by atoms with E-state index in [2.05, 4.69) is 6.58 Å². The van der Waals surface area contributed by atoms with E-state index in [4.69, 9.17) is 4.74 Å². The van der Waals surface area contributed by atoms with Crippen LogP contribution in [0.2, 0.25) is 0 Å². The molecule has 0 N–H and O–H groups in total. The number of hydrogen-bond acceptors (Lipinski definition) is 5. The highest BCUT2D eigenvalue weighted by Gasteiger charge is 2.11. The standard InChI is InChI=1S/C12H15NO5S/c1-2-8-18-12(14)11-5-3-6-13(10-11)7-4-9-19(15,16)17/h2-3,5-6,10H,1,4,7-9H2. The maximum atomic E-state index is 11.6. The van der Waals surface area contributed by atoms with Crippen LogP contribution in [0.4, 0.5) is 0 Å². The van der Waals surface area contributed by atoms with Crippen molar-refractivity contribution in [3.63, 3.8) is 0 Å². The van der Waals surface area contributed by atoms with Gasteiger partial charge in [-0.1, -0.05) is 12.7 Å². The van der Waals surface area contributed by atoms with Gasteiger partial charge in [0.2, 0.25) is 0 Å². The number of esters is 1. The van der Waals surface area contributed by atoms with Crippen LogP contribution in [-0.4, -0.2) is 31.3 Å². The number of pyridine rings is 1. The van der Waals surface area contributed by atoms with Crippen molar-refractivity contribution in [1.29, 1.82) is 0 Å². The van der Waals surface area contributed by atoms with E-state index in [1.807, 2.05) is 0 Å². The summed E-state index contributed by atoms with van der Waals surface area (Å²) < 4.78 is 37.9. The summed E-state index contributed by atoms with van der Waals surface area (Å²) in [4.78, 5) is 11.6. The third kappa shape index (κ3) is 6.12. The van der Waals surface area contributed by atoms with Gasteiger partial charge in [-0.25, -0.2) is 17.8 Å². The van der Waals surface area contributed by atoms with E-state index < -0.39 is 21.8 Å². The molecule has 6 nitrogen and oxygen atoms in total. The third-order valence-corrected chi connectivity index (χ3v) is 3.03. The van der Waals surface area contributed by atoms with Crippen LogP contribution in [0.5, 0.6) is 0 Å². The first-order chi connectivity index (χ1) is 8.92. The molecule has 0 aliphatic rings. The number of aryl methyl sites for hydroxylation is 1. The summed E-state index contributed by atoms with van der Waals surface area (Å²) in [6.07, 6.45) is 4.89. The Labute approximate surface area is 112 Å². The Morgan fingerprint density at radius 1 is 1.53 bits per heavy atom. The van der Waals surface area contributed by atoms with Crippen LogP contribution < -0.4 is 4.57 Å². The van der Waals surface area contributed by atoms with Gasteiger partial charge in [-0.3, -0.25) is 0 Å². The Bertz CT molecular complexity index is 553. The van der Waals surface area contributed by atoms with Crippen molar-refractivity contribution in [1.82, 2.24) is 0 Å². The van der Waals surface area contributed by atoms with Crippen LogP contribution in [0.15, 0.2) is 37.2 Å². The smallest absolute Gasteiger partial charge is 0.344 e. The molecule has 0 radical (unpaired) electrons. The fourth-order valence-corrected chi connectivity index (χ4v) is 1.91. The molecule has 0 fully saturated rings. The fourth-order valence-electron chi connectivity index (χ4n) is 1.42. The van der Waals surface area contributed by atoms with E-state index in [1.54, 1.807) is 29.1 Å². The van der Waals surface area contributed by atoms with Crippen molar-refractivity contribution >= 4 is 16.1 Å². The van der Waals surface area contributed by atoms with Gasteiger partial charge in [-0.2, -0.15) is 0 Å². The normalized spacial score (nSPS) is 11.0. The van der Waals surface area contributed by atoms with Crippen LogP contribution >= 0.6 is 0 Å². The second-order valence-electron chi connectivity index (χ2n) is 3.83. The van der Waals surface area contributed by atoms with Crippen molar-refractivity contribution in [3.8, 4) is 0 Å². The SMILES string of the molecule is C=CCOC(=O)c1ccc[n+](CCCS(=O)(=O)[O-])c1. The third-order valence-electron chi connectivity index (χ3n) is 2.24. The van der Waals surface area contributed by atoms with E-state index in [0.717, 1.165) is 0 Å². The number of aromatic nitrogens is 1. The summed E-state index contributed by atoms with van der Waals surface area (Å²) in [5.74, 6) is -0.906. The molecule has 0 aliphatic heterocycles. The Balaban J connectivity index is 2.61. The summed E-state index contributed by atoms with van der Waals surface area (Å²) in [5.41, 5.74) is 0.356. The predicted octanol–water partition coefficient (Wildman–Crippen LogP) is 0.252. The first kappa shape index (κ1) is 15.3. The molecule has 0 atom stereocenters. The van der Waals surface area contributed by atoms with E-state index in [-0.39, 0.29) is 13.0 Å². The van der Waals surface area contributed by atoms with Gasteiger partial charge in [-0.05, 0) is 6.07 Å². The van der Waals surface area contributed by atoms with Gasteiger partial charge in [0.25, 0.3) is 0 Å². The summed E-state index contributed by atoms with van der Waals surface area (Å²) in [7, 11) is -4.20. The number of hydrogen-bond donors (Lipinski definition) is 0. The number of nitrogens with zero attached hydrogens (tertiary/aromatic N) is 1. The van der Waals surface area contributed by atoms with Gasteiger partial charge < -0.3 is 9.29 Å². The highest BCUT2D eigenvalue weighted by Crippen LogP contribution is 1.98. The second-order valence-corrected chi connectivity index (χ2v) is 5.36. The molecule has 0 spiro atoms. The Hall–Kier alpha value is -1.73. The molecule has 104 valence electrons. The first-order valence-corrected chi connectivity index (χ1v) is 7.21. The molecule has 0 aromatic carbocycles. The zero-order valence-electron chi connectivity index (χ0n) is 10.3. The molecule has 0 amide bonds. The highest BCUT2D eigenvalue weighted by atomic mass is 32.2. The predicted molar refractivity (Wildman–Crippen MR) is 66.3 cm³/mol. The van der Waals surface area contributed by atoms with Crippen LogP contribution in [0.1, 0.15) is 16.8 Å². The second kappa shape index (κ2) is 7.01. The molecule has 0 unspecified atom stereocenters. The minimum Gasteiger partial charge on any atom is -0.748 e.